The fourth-order valence-electron chi connectivity index (χ4n) is 3.13. The number of benzene rings is 2. The number of phenols is 1. The third-order valence-corrected chi connectivity index (χ3v) is 4.92. The molecule has 150 valence electrons. The number of anilines is 1. The van der Waals surface area contributed by atoms with Gasteiger partial charge in [-0.05, 0) is 79.0 Å². The summed E-state index contributed by atoms with van der Waals surface area (Å²) < 4.78 is 6.95. The van der Waals surface area contributed by atoms with Crippen molar-refractivity contribution in [2.24, 2.45) is 0 Å². The van der Waals surface area contributed by atoms with Gasteiger partial charge in [-0.2, -0.15) is 0 Å². The molecule has 3 aromatic rings. The van der Waals surface area contributed by atoms with E-state index in [1.54, 1.807) is 78.5 Å². The van der Waals surface area contributed by atoms with Crippen molar-refractivity contribution in [3.05, 3.63) is 78.1 Å². The fraction of sp³-hybridized carbons (Fsp3) is 0.0455. The SMILES string of the molecule is COc1ccc(N2C(=O)/C(=C/c3cccn3-c3ccc(O)cc3)C(=O)NC2=S)cc1. The molecule has 0 aliphatic carbocycles. The Morgan fingerprint density at radius 1 is 1.00 bits per heavy atom. The zero-order valence-electron chi connectivity index (χ0n) is 15.9. The molecular formula is C22H17N3O4S. The molecule has 7 nitrogen and oxygen atoms in total. The van der Waals surface area contributed by atoms with Crippen LogP contribution in [0.4, 0.5) is 5.69 Å². The fourth-order valence-corrected chi connectivity index (χ4v) is 3.41. The first-order chi connectivity index (χ1) is 14.5. The Kier molecular flexibility index (Phi) is 5.07. The number of ether oxygens (including phenoxy) is 1. The third-order valence-electron chi connectivity index (χ3n) is 4.63. The number of nitrogens with one attached hydrogen (secondary N) is 1. The van der Waals surface area contributed by atoms with E-state index in [4.69, 9.17) is 17.0 Å². The van der Waals surface area contributed by atoms with Gasteiger partial charge in [0.05, 0.1) is 12.8 Å². The summed E-state index contributed by atoms with van der Waals surface area (Å²) in [5.41, 5.74) is 1.88. The smallest absolute Gasteiger partial charge is 0.270 e. The van der Waals surface area contributed by atoms with Crippen LogP contribution in [0.5, 0.6) is 11.5 Å². The lowest BCUT2D eigenvalue weighted by molar-refractivity contribution is -0.122. The monoisotopic (exact) mass is 419 g/mol. The maximum absolute atomic E-state index is 13.2. The van der Waals surface area contributed by atoms with Crippen LogP contribution in [0.15, 0.2) is 72.4 Å². The number of rotatable bonds is 4. The maximum atomic E-state index is 13.2. The zero-order valence-corrected chi connectivity index (χ0v) is 16.7. The van der Waals surface area contributed by atoms with E-state index in [0.717, 1.165) is 5.69 Å². The molecule has 0 saturated carbocycles. The minimum absolute atomic E-state index is 0.0150. The van der Waals surface area contributed by atoms with E-state index < -0.39 is 11.8 Å². The Bertz CT molecular complexity index is 1160. The molecule has 0 atom stereocenters. The van der Waals surface area contributed by atoms with Gasteiger partial charge in [-0.15, -0.1) is 0 Å². The van der Waals surface area contributed by atoms with Crippen molar-refractivity contribution >= 4 is 40.9 Å². The summed E-state index contributed by atoms with van der Waals surface area (Å²) in [6.45, 7) is 0. The van der Waals surface area contributed by atoms with Crippen molar-refractivity contribution in [1.29, 1.82) is 0 Å². The highest BCUT2D eigenvalue weighted by Crippen LogP contribution is 2.25. The van der Waals surface area contributed by atoms with Gasteiger partial charge in [0.15, 0.2) is 5.11 Å². The van der Waals surface area contributed by atoms with E-state index >= 15 is 0 Å². The van der Waals surface area contributed by atoms with Crippen molar-refractivity contribution in [3.63, 3.8) is 0 Å². The molecule has 2 N–H and O–H groups in total. The molecule has 30 heavy (non-hydrogen) atoms. The zero-order chi connectivity index (χ0) is 21.3. The highest BCUT2D eigenvalue weighted by molar-refractivity contribution is 7.80. The van der Waals surface area contributed by atoms with Crippen molar-refractivity contribution in [2.45, 2.75) is 0 Å². The molecule has 0 bridgehead atoms. The van der Waals surface area contributed by atoms with Crippen LogP contribution in [0.2, 0.25) is 0 Å². The minimum Gasteiger partial charge on any atom is -0.508 e. The first-order valence-electron chi connectivity index (χ1n) is 9.00. The second-order valence-corrected chi connectivity index (χ2v) is 6.86. The Morgan fingerprint density at radius 2 is 1.67 bits per heavy atom. The van der Waals surface area contributed by atoms with Gasteiger partial charge >= 0.3 is 0 Å². The quantitative estimate of drug-likeness (QED) is 0.386. The van der Waals surface area contributed by atoms with Crippen molar-refractivity contribution in [3.8, 4) is 17.2 Å². The second kappa shape index (κ2) is 7.84. The molecule has 4 rings (SSSR count). The predicted molar refractivity (Wildman–Crippen MR) is 117 cm³/mol. The van der Waals surface area contributed by atoms with Crippen molar-refractivity contribution in [1.82, 2.24) is 9.88 Å². The second-order valence-electron chi connectivity index (χ2n) is 6.48. The molecule has 0 unspecified atom stereocenters. The summed E-state index contributed by atoms with van der Waals surface area (Å²) in [7, 11) is 1.55. The largest absolute Gasteiger partial charge is 0.508 e. The predicted octanol–water partition coefficient (Wildman–Crippen LogP) is 3.02. The van der Waals surface area contributed by atoms with E-state index in [1.165, 1.54) is 11.0 Å². The number of thiocarbonyl (C=S) groups is 1. The van der Waals surface area contributed by atoms with Crippen molar-refractivity contribution < 1.29 is 19.4 Å². The van der Waals surface area contributed by atoms with Crippen LogP contribution in [0.3, 0.4) is 0 Å². The summed E-state index contributed by atoms with van der Waals surface area (Å²) in [4.78, 5) is 27.0. The molecular weight excluding hydrogens is 402 g/mol. The summed E-state index contributed by atoms with van der Waals surface area (Å²) in [5, 5.41) is 12.1. The molecule has 1 fully saturated rings. The van der Waals surface area contributed by atoms with E-state index in [2.05, 4.69) is 5.32 Å². The van der Waals surface area contributed by atoms with Gasteiger partial charge < -0.3 is 14.4 Å². The molecule has 0 spiro atoms. The van der Waals surface area contributed by atoms with Crippen LogP contribution in [-0.4, -0.2) is 33.7 Å². The van der Waals surface area contributed by atoms with Gasteiger partial charge in [0.25, 0.3) is 11.8 Å². The highest BCUT2D eigenvalue weighted by Gasteiger charge is 2.34. The highest BCUT2D eigenvalue weighted by atomic mass is 32.1. The molecule has 1 aliphatic rings. The van der Waals surface area contributed by atoms with E-state index in [-0.39, 0.29) is 16.4 Å². The van der Waals surface area contributed by atoms with E-state index in [0.29, 0.717) is 17.1 Å². The van der Waals surface area contributed by atoms with Crippen LogP contribution >= 0.6 is 12.2 Å². The van der Waals surface area contributed by atoms with Crippen LogP contribution in [0, 0.1) is 0 Å². The first kappa shape index (κ1) is 19.4. The third kappa shape index (κ3) is 3.56. The van der Waals surface area contributed by atoms with Crippen LogP contribution in [0.25, 0.3) is 11.8 Å². The number of aromatic nitrogens is 1. The van der Waals surface area contributed by atoms with Crippen molar-refractivity contribution in [2.75, 3.05) is 12.0 Å². The molecule has 1 aliphatic heterocycles. The Labute approximate surface area is 177 Å². The van der Waals surface area contributed by atoms with Gasteiger partial charge in [-0.3, -0.25) is 19.8 Å². The van der Waals surface area contributed by atoms with E-state index in [9.17, 15) is 14.7 Å². The average Bonchev–Trinajstić information content (AvgIpc) is 3.20. The number of hydrogen-bond acceptors (Lipinski definition) is 5. The summed E-state index contributed by atoms with van der Waals surface area (Å²) in [6.07, 6.45) is 3.32. The molecule has 0 radical (unpaired) electrons. The number of nitrogens with zero attached hydrogens (tertiary/aromatic N) is 2. The number of phenolic OH excluding ortho intramolecular Hbond substituents is 1. The summed E-state index contributed by atoms with van der Waals surface area (Å²) in [5.74, 6) is -0.294. The normalized spacial score (nSPS) is 15.4. The number of methoxy groups -OCH3 is 1. The molecule has 1 saturated heterocycles. The number of amides is 2. The lowest BCUT2D eigenvalue weighted by Crippen LogP contribution is -2.54. The lowest BCUT2D eigenvalue weighted by Gasteiger charge is -2.29. The first-order valence-corrected chi connectivity index (χ1v) is 9.41. The maximum Gasteiger partial charge on any atom is 0.270 e. The van der Waals surface area contributed by atoms with E-state index in [1.807, 2.05) is 0 Å². The summed E-state index contributed by atoms with van der Waals surface area (Å²) in [6, 6.07) is 17.0. The topological polar surface area (TPSA) is 83.8 Å². The van der Waals surface area contributed by atoms with Gasteiger partial charge in [0.1, 0.15) is 17.1 Å². The van der Waals surface area contributed by atoms with Crippen LogP contribution in [-0.2, 0) is 9.59 Å². The molecule has 2 aromatic carbocycles. The molecule has 2 heterocycles. The standard InChI is InChI=1S/C22H17N3O4S/c1-29-18-10-6-15(7-11-18)25-21(28)19(20(27)23-22(25)30)13-16-3-2-12-24(16)14-4-8-17(26)9-5-14/h2-13,26H,1H3,(H,23,27,30)/b19-13+. The molecule has 2 amide bonds. The number of carbonyl (C=O) groups is 2. The number of aromatic hydroxyl groups is 1. The Balaban J connectivity index is 1.71. The number of carbonyl (C=O) groups excluding carboxylic acids is 2. The van der Waals surface area contributed by atoms with Gasteiger partial charge in [0, 0.05) is 17.6 Å². The lowest BCUT2D eigenvalue weighted by atomic mass is 10.1. The molecule has 8 heteroatoms. The average molecular weight is 419 g/mol. The Hall–Kier alpha value is -3.91. The van der Waals surface area contributed by atoms with Gasteiger partial charge in [-0.1, -0.05) is 0 Å². The Morgan fingerprint density at radius 3 is 2.33 bits per heavy atom. The number of hydrogen-bond donors (Lipinski definition) is 2. The van der Waals surface area contributed by atoms with Gasteiger partial charge in [0.2, 0.25) is 0 Å². The summed E-state index contributed by atoms with van der Waals surface area (Å²) >= 11 is 5.23. The molecule has 1 aromatic heterocycles. The van der Waals surface area contributed by atoms with Crippen LogP contribution in [0.1, 0.15) is 5.69 Å². The minimum atomic E-state index is -0.562. The van der Waals surface area contributed by atoms with Crippen LogP contribution < -0.4 is 15.0 Å². The van der Waals surface area contributed by atoms with Gasteiger partial charge in [-0.25, -0.2) is 0 Å².